The molecule has 0 saturated carbocycles. The topological polar surface area (TPSA) is 86.4 Å². The SMILES string of the molecule is CCCC[N+](CCCC)(CCCC)CCCO.I.NC(=O)[O-]. The summed E-state index contributed by atoms with van der Waals surface area (Å²) in [6, 6.07) is 0. The van der Waals surface area contributed by atoms with Crippen molar-refractivity contribution in [2.45, 2.75) is 65.7 Å². The van der Waals surface area contributed by atoms with Gasteiger partial charge >= 0.3 is 0 Å². The fourth-order valence-corrected chi connectivity index (χ4v) is 2.56. The first-order chi connectivity index (χ1) is 9.97. The molecule has 0 radical (unpaired) electrons. The highest BCUT2D eigenvalue weighted by molar-refractivity contribution is 14.0. The minimum absolute atomic E-state index is 0. The highest BCUT2D eigenvalue weighted by Gasteiger charge is 2.24. The molecular formula is C16H37IN2O3. The number of quaternary nitrogens is 1. The molecule has 0 spiro atoms. The van der Waals surface area contributed by atoms with Crippen molar-refractivity contribution in [1.29, 1.82) is 0 Å². The molecule has 1 amide bonds. The van der Waals surface area contributed by atoms with Crippen molar-refractivity contribution in [3.63, 3.8) is 0 Å². The molecule has 0 aliphatic carbocycles. The van der Waals surface area contributed by atoms with Crippen molar-refractivity contribution in [2.24, 2.45) is 5.73 Å². The van der Waals surface area contributed by atoms with Gasteiger partial charge in [-0.3, -0.25) is 0 Å². The van der Waals surface area contributed by atoms with Gasteiger partial charge in [0.05, 0.1) is 26.2 Å². The van der Waals surface area contributed by atoms with Gasteiger partial charge < -0.3 is 25.2 Å². The van der Waals surface area contributed by atoms with Gasteiger partial charge in [0.2, 0.25) is 0 Å². The van der Waals surface area contributed by atoms with Crippen molar-refractivity contribution in [3.05, 3.63) is 0 Å². The van der Waals surface area contributed by atoms with Crippen LogP contribution in [0.3, 0.4) is 0 Å². The first-order valence-corrected chi connectivity index (χ1v) is 8.40. The lowest BCUT2D eigenvalue weighted by atomic mass is 10.1. The Hall–Kier alpha value is -0.0800. The van der Waals surface area contributed by atoms with E-state index in [1.807, 2.05) is 0 Å². The molecule has 0 aliphatic heterocycles. The van der Waals surface area contributed by atoms with Gasteiger partial charge in [-0.2, -0.15) is 0 Å². The van der Waals surface area contributed by atoms with Crippen molar-refractivity contribution < 1.29 is 19.5 Å². The second-order valence-electron chi connectivity index (χ2n) is 5.69. The van der Waals surface area contributed by atoms with Crippen molar-refractivity contribution >= 4 is 30.1 Å². The first kappa shape index (κ1) is 26.8. The second-order valence-corrected chi connectivity index (χ2v) is 5.69. The van der Waals surface area contributed by atoms with Gasteiger partial charge in [-0.05, 0) is 19.3 Å². The number of halogens is 1. The molecule has 3 N–H and O–H groups in total. The third-order valence-electron chi connectivity index (χ3n) is 3.75. The van der Waals surface area contributed by atoms with Crippen molar-refractivity contribution in [1.82, 2.24) is 0 Å². The van der Waals surface area contributed by atoms with E-state index in [4.69, 9.17) is 15.0 Å². The Bertz CT molecular complexity index is 200. The van der Waals surface area contributed by atoms with Crippen LogP contribution in [0.4, 0.5) is 4.79 Å². The number of aliphatic hydroxyl groups is 1. The minimum atomic E-state index is -1.58. The summed E-state index contributed by atoms with van der Waals surface area (Å²) in [5.41, 5.74) is 3.92. The molecule has 0 rings (SSSR count). The Balaban J connectivity index is -0.000000640. The molecule has 0 aromatic carbocycles. The van der Waals surface area contributed by atoms with Crippen LogP contribution in [0.5, 0.6) is 0 Å². The lowest BCUT2D eigenvalue weighted by Crippen LogP contribution is -2.51. The van der Waals surface area contributed by atoms with E-state index in [1.165, 1.54) is 69.2 Å². The van der Waals surface area contributed by atoms with E-state index in [2.05, 4.69) is 26.5 Å². The number of hydrogen-bond acceptors (Lipinski definition) is 3. The molecule has 6 heteroatoms. The van der Waals surface area contributed by atoms with E-state index < -0.39 is 6.09 Å². The lowest BCUT2D eigenvalue weighted by Gasteiger charge is -2.39. The van der Waals surface area contributed by atoms with Gasteiger partial charge in [-0.1, -0.05) is 40.0 Å². The number of unbranched alkanes of at least 4 members (excludes halogenated alkanes) is 3. The molecule has 0 atom stereocenters. The third-order valence-corrected chi connectivity index (χ3v) is 3.75. The molecule has 0 aromatic heterocycles. The summed E-state index contributed by atoms with van der Waals surface area (Å²) in [7, 11) is 0. The van der Waals surface area contributed by atoms with Crippen LogP contribution in [-0.2, 0) is 0 Å². The molecule has 136 valence electrons. The van der Waals surface area contributed by atoms with Gasteiger partial charge in [0.25, 0.3) is 0 Å². The van der Waals surface area contributed by atoms with E-state index in [1.54, 1.807) is 0 Å². The van der Waals surface area contributed by atoms with Crippen LogP contribution in [0.2, 0.25) is 0 Å². The summed E-state index contributed by atoms with van der Waals surface area (Å²) in [4.78, 5) is 8.67. The van der Waals surface area contributed by atoms with E-state index >= 15 is 0 Å². The van der Waals surface area contributed by atoms with E-state index in [9.17, 15) is 0 Å². The summed E-state index contributed by atoms with van der Waals surface area (Å²) in [5.74, 6) is 0. The molecule has 0 aliphatic rings. The lowest BCUT2D eigenvalue weighted by molar-refractivity contribution is -0.929. The zero-order chi connectivity index (χ0) is 16.6. The molecule has 0 bridgehead atoms. The zero-order valence-corrected chi connectivity index (χ0v) is 17.0. The average Bonchev–Trinajstić information content (AvgIpc) is 2.45. The van der Waals surface area contributed by atoms with Crippen LogP contribution in [0.25, 0.3) is 0 Å². The molecule has 0 unspecified atom stereocenters. The zero-order valence-electron chi connectivity index (χ0n) is 14.7. The van der Waals surface area contributed by atoms with Crippen LogP contribution in [-0.4, -0.2) is 48.5 Å². The Labute approximate surface area is 153 Å². The average molecular weight is 432 g/mol. The Morgan fingerprint density at radius 1 is 0.909 bits per heavy atom. The normalized spacial score (nSPS) is 10.4. The largest absolute Gasteiger partial charge is 0.530 e. The van der Waals surface area contributed by atoms with E-state index in [0.717, 1.165) is 6.42 Å². The number of hydrogen-bond donors (Lipinski definition) is 2. The van der Waals surface area contributed by atoms with Crippen LogP contribution in [0.15, 0.2) is 0 Å². The number of carbonyl (C=O) groups excluding carboxylic acids is 1. The Morgan fingerprint density at radius 2 is 1.18 bits per heavy atom. The number of carbonyl (C=O) groups is 1. The van der Waals surface area contributed by atoms with Crippen molar-refractivity contribution in [3.8, 4) is 0 Å². The number of nitrogens with two attached hydrogens (primary N) is 1. The number of amides is 1. The van der Waals surface area contributed by atoms with Gasteiger partial charge in [0.15, 0.2) is 0 Å². The van der Waals surface area contributed by atoms with E-state index in [-0.39, 0.29) is 24.0 Å². The van der Waals surface area contributed by atoms with Crippen molar-refractivity contribution in [2.75, 3.05) is 32.8 Å². The summed E-state index contributed by atoms with van der Waals surface area (Å²) in [5, 5.41) is 17.8. The fraction of sp³-hybridized carbons (Fsp3) is 0.938. The van der Waals surface area contributed by atoms with Crippen LogP contribution in [0, 0.1) is 0 Å². The quantitative estimate of drug-likeness (QED) is 0.367. The smallest absolute Gasteiger partial charge is 0.131 e. The maximum atomic E-state index is 9.10. The fourth-order valence-electron chi connectivity index (χ4n) is 2.56. The number of primary amides is 1. The number of rotatable bonds is 12. The predicted molar refractivity (Wildman–Crippen MR) is 101 cm³/mol. The molecule has 0 aromatic rings. The minimum Gasteiger partial charge on any atom is -0.530 e. The summed E-state index contributed by atoms with van der Waals surface area (Å²) in [6.07, 6.45) is 7.25. The third kappa shape index (κ3) is 18.0. The first-order valence-electron chi connectivity index (χ1n) is 8.40. The van der Waals surface area contributed by atoms with Crippen LogP contribution >= 0.6 is 24.0 Å². The van der Waals surface area contributed by atoms with E-state index in [0.29, 0.717) is 6.61 Å². The maximum Gasteiger partial charge on any atom is 0.131 e. The monoisotopic (exact) mass is 432 g/mol. The molecule has 0 fully saturated rings. The molecule has 0 heterocycles. The summed E-state index contributed by atoms with van der Waals surface area (Å²) >= 11 is 0. The summed E-state index contributed by atoms with van der Waals surface area (Å²) < 4.78 is 1.26. The van der Waals surface area contributed by atoms with Crippen LogP contribution < -0.4 is 10.8 Å². The number of carboxylic acid groups (broad SMARTS) is 1. The standard InChI is InChI=1S/C15H34NO.CH3NO2.HI/c1-4-7-11-16(12-8-5-2,13-9-6-3)14-10-15-17;2-1(3)4;/h17H,4-15H2,1-3H3;2H2,(H,3,4);1H/q+1;;/p-1. The Kier molecular flexibility index (Phi) is 23.1. The molecule has 0 saturated heterocycles. The number of aliphatic hydroxyl groups excluding tert-OH is 1. The molecular weight excluding hydrogens is 395 g/mol. The van der Waals surface area contributed by atoms with Gasteiger partial charge in [0.1, 0.15) is 6.09 Å². The Morgan fingerprint density at radius 3 is 1.41 bits per heavy atom. The predicted octanol–water partition coefficient (Wildman–Crippen LogP) is 2.49. The van der Waals surface area contributed by atoms with Gasteiger partial charge in [-0.25, -0.2) is 0 Å². The van der Waals surface area contributed by atoms with Crippen LogP contribution in [0.1, 0.15) is 65.7 Å². The highest BCUT2D eigenvalue weighted by atomic mass is 127. The maximum absolute atomic E-state index is 9.10. The summed E-state index contributed by atoms with van der Waals surface area (Å²) in [6.45, 7) is 12.3. The number of nitrogens with zero attached hydrogens (tertiary/aromatic N) is 1. The highest BCUT2D eigenvalue weighted by Crippen LogP contribution is 2.15. The van der Waals surface area contributed by atoms with Gasteiger partial charge in [-0.15, -0.1) is 24.0 Å². The molecule has 5 nitrogen and oxygen atoms in total. The molecule has 22 heavy (non-hydrogen) atoms. The second kappa shape index (κ2) is 19.0. The van der Waals surface area contributed by atoms with Gasteiger partial charge in [0, 0.05) is 13.0 Å².